The second kappa shape index (κ2) is 8.15. The van der Waals surface area contributed by atoms with Crippen molar-refractivity contribution in [3.63, 3.8) is 0 Å². The van der Waals surface area contributed by atoms with Gasteiger partial charge in [-0.15, -0.1) is 11.3 Å². The molecule has 1 aliphatic carbocycles. The third-order valence-corrected chi connectivity index (χ3v) is 5.24. The van der Waals surface area contributed by atoms with E-state index in [-0.39, 0.29) is 6.03 Å². The molecule has 0 unspecified atom stereocenters. The molecular formula is C18H23N3O2S. The standard InChI is InChI=1S/C18H23N3O2S/c1-23-15-5-6-16-13(11-15)3-2-4-14(16)12-21-18(22)20-8-7-17-19-9-10-24-17/h5-6,9-11,14H,2-4,7-8,12H2,1H3,(H2,20,21,22)/t14-/m0/s1. The van der Waals surface area contributed by atoms with E-state index < -0.39 is 0 Å². The van der Waals surface area contributed by atoms with Gasteiger partial charge in [-0.05, 0) is 42.5 Å². The van der Waals surface area contributed by atoms with Crippen molar-refractivity contribution in [2.75, 3.05) is 20.2 Å². The Morgan fingerprint density at radius 1 is 1.42 bits per heavy atom. The first kappa shape index (κ1) is 16.8. The molecule has 2 N–H and O–H groups in total. The molecule has 2 aromatic rings. The number of hydrogen-bond acceptors (Lipinski definition) is 4. The van der Waals surface area contributed by atoms with Crippen molar-refractivity contribution in [2.24, 2.45) is 0 Å². The van der Waals surface area contributed by atoms with Crippen LogP contribution in [0.3, 0.4) is 0 Å². The van der Waals surface area contributed by atoms with Gasteiger partial charge in [0.15, 0.2) is 0 Å². The second-order valence-electron chi connectivity index (χ2n) is 5.97. The lowest BCUT2D eigenvalue weighted by Crippen LogP contribution is -2.39. The summed E-state index contributed by atoms with van der Waals surface area (Å²) in [5.74, 6) is 1.28. The average molecular weight is 345 g/mol. The molecule has 0 aliphatic heterocycles. The van der Waals surface area contributed by atoms with Crippen LogP contribution < -0.4 is 15.4 Å². The minimum atomic E-state index is -0.104. The Kier molecular flexibility index (Phi) is 5.69. The highest BCUT2D eigenvalue weighted by molar-refractivity contribution is 7.09. The lowest BCUT2D eigenvalue weighted by molar-refractivity contribution is 0.240. The Bertz CT molecular complexity index is 673. The summed E-state index contributed by atoms with van der Waals surface area (Å²) in [6.07, 6.45) is 5.91. The number of amides is 2. The topological polar surface area (TPSA) is 63.2 Å². The number of thiazole rings is 1. The summed E-state index contributed by atoms with van der Waals surface area (Å²) in [6.45, 7) is 1.28. The number of urea groups is 1. The summed E-state index contributed by atoms with van der Waals surface area (Å²) >= 11 is 1.61. The van der Waals surface area contributed by atoms with Crippen LogP contribution in [-0.2, 0) is 12.8 Å². The lowest BCUT2D eigenvalue weighted by Gasteiger charge is -2.26. The van der Waals surface area contributed by atoms with Gasteiger partial charge in [-0.1, -0.05) is 6.07 Å². The number of methoxy groups -OCH3 is 1. The van der Waals surface area contributed by atoms with Crippen LogP contribution in [0.1, 0.15) is 34.9 Å². The first-order valence-corrected chi connectivity index (χ1v) is 9.21. The van der Waals surface area contributed by atoms with E-state index in [1.54, 1.807) is 24.6 Å². The SMILES string of the molecule is COc1ccc2c(c1)CCC[C@H]2CNC(=O)NCCc1nccs1. The highest BCUT2D eigenvalue weighted by atomic mass is 32.1. The lowest BCUT2D eigenvalue weighted by atomic mass is 9.82. The molecule has 1 heterocycles. The normalized spacial score (nSPS) is 16.3. The molecule has 3 rings (SSSR count). The predicted octanol–water partition coefficient (Wildman–Crippen LogP) is 3.11. The maximum Gasteiger partial charge on any atom is 0.314 e. The summed E-state index contributed by atoms with van der Waals surface area (Å²) in [7, 11) is 1.69. The van der Waals surface area contributed by atoms with Gasteiger partial charge in [0.1, 0.15) is 5.75 Å². The zero-order chi connectivity index (χ0) is 16.8. The summed E-state index contributed by atoms with van der Waals surface area (Å²) < 4.78 is 5.30. The molecular weight excluding hydrogens is 322 g/mol. The molecule has 0 fully saturated rings. The van der Waals surface area contributed by atoms with Gasteiger partial charge >= 0.3 is 6.03 Å². The van der Waals surface area contributed by atoms with Crippen molar-refractivity contribution >= 4 is 17.4 Å². The number of hydrogen-bond donors (Lipinski definition) is 2. The Balaban J connectivity index is 1.47. The first-order chi connectivity index (χ1) is 11.8. The van der Waals surface area contributed by atoms with Crippen LogP contribution in [-0.4, -0.2) is 31.2 Å². The van der Waals surface area contributed by atoms with Crippen LogP contribution >= 0.6 is 11.3 Å². The van der Waals surface area contributed by atoms with Crippen molar-refractivity contribution in [3.05, 3.63) is 45.9 Å². The number of aromatic nitrogens is 1. The quantitative estimate of drug-likeness (QED) is 0.845. The Labute approximate surface area is 146 Å². The third kappa shape index (κ3) is 4.26. The van der Waals surface area contributed by atoms with Crippen LogP contribution in [0.5, 0.6) is 5.75 Å². The van der Waals surface area contributed by atoms with Gasteiger partial charge in [0.05, 0.1) is 12.1 Å². The molecule has 24 heavy (non-hydrogen) atoms. The number of ether oxygens (including phenoxy) is 1. The van der Waals surface area contributed by atoms with E-state index in [4.69, 9.17) is 4.74 Å². The summed E-state index contributed by atoms with van der Waals surface area (Å²) in [5.41, 5.74) is 2.68. The zero-order valence-corrected chi connectivity index (χ0v) is 14.7. The number of aryl methyl sites for hydroxylation is 1. The smallest absolute Gasteiger partial charge is 0.314 e. The van der Waals surface area contributed by atoms with Crippen molar-refractivity contribution in [1.82, 2.24) is 15.6 Å². The monoisotopic (exact) mass is 345 g/mol. The molecule has 0 radical (unpaired) electrons. The summed E-state index contributed by atoms with van der Waals surface area (Å²) in [5, 5.41) is 8.90. The van der Waals surface area contributed by atoms with Gasteiger partial charge in [0, 0.05) is 37.0 Å². The number of nitrogens with zero attached hydrogens (tertiary/aromatic N) is 1. The molecule has 1 aromatic heterocycles. The molecule has 0 saturated heterocycles. The Morgan fingerprint density at radius 3 is 3.12 bits per heavy atom. The van der Waals surface area contributed by atoms with E-state index in [9.17, 15) is 4.79 Å². The van der Waals surface area contributed by atoms with Gasteiger partial charge in [-0.2, -0.15) is 0 Å². The van der Waals surface area contributed by atoms with Gasteiger partial charge in [0.25, 0.3) is 0 Å². The van der Waals surface area contributed by atoms with Gasteiger partial charge < -0.3 is 15.4 Å². The third-order valence-electron chi connectivity index (χ3n) is 4.41. The number of fused-ring (bicyclic) bond motifs is 1. The van der Waals surface area contributed by atoms with E-state index in [1.807, 2.05) is 11.4 Å². The number of benzene rings is 1. The number of rotatable bonds is 6. The minimum Gasteiger partial charge on any atom is -0.497 e. The van der Waals surface area contributed by atoms with Crippen LogP contribution in [0.15, 0.2) is 29.8 Å². The van der Waals surface area contributed by atoms with E-state index in [2.05, 4.69) is 27.8 Å². The fraction of sp³-hybridized carbons (Fsp3) is 0.444. The predicted molar refractivity (Wildman–Crippen MR) is 95.9 cm³/mol. The maximum absolute atomic E-state index is 12.0. The first-order valence-electron chi connectivity index (χ1n) is 8.33. The number of nitrogens with one attached hydrogen (secondary N) is 2. The molecule has 5 nitrogen and oxygen atoms in total. The highest BCUT2D eigenvalue weighted by Gasteiger charge is 2.21. The minimum absolute atomic E-state index is 0.104. The highest BCUT2D eigenvalue weighted by Crippen LogP contribution is 2.33. The molecule has 0 bridgehead atoms. The van der Waals surface area contributed by atoms with Crippen molar-refractivity contribution in [2.45, 2.75) is 31.6 Å². The van der Waals surface area contributed by atoms with Crippen molar-refractivity contribution < 1.29 is 9.53 Å². The largest absolute Gasteiger partial charge is 0.497 e. The fourth-order valence-corrected chi connectivity index (χ4v) is 3.79. The van der Waals surface area contributed by atoms with Crippen molar-refractivity contribution in [1.29, 1.82) is 0 Å². The summed E-state index contributed by atoms with van der Waals surface area (Å²) in [6, 6.07) is 6.16. The molecule has 1 atom stereocenters. The number of carbonyl (C=O) groups is 1. The molecule has 128 valence electrons. The fourth-order valence-electron chi connectivity index (χ4n) is 3.17. The van der Waals surface area contributed by atoms with Crippen LogP contribution in [0, 0.1) is 0 Å². The Morgan fingerprint density at radius 2 is 2.33 bits per heavy atom. The molecule has 0 spiro atoms. The van der Waals surface area contributed by atoms with Crippen LogP contribution in [0.4, 0.5) is 4.79 Å². The molecule has 0 saturated carbocycles. The molecule has 6 heteroatoms. The summed E-state index contributed by atoms with van der Waals surface area (Å²) in [4.78, 5) is 16.2. The van der Waals surface area contributed by atoms with Crippen LogP contribution in [0.2, 0.25) is 0 Å². The van der Waals surface area contributed by atoms with Gasteiger partial charge in [-0.25, -0.2) is 9.78 Å². The van der Waals surface area contributed by atoms with Gasteiger partial charge in [0.2, 0.25) is 0 Å². The van der Waals surface area contributed by atoms with E-state index in [1.165, 1.54) is 11.1 Å². The number of carbonyl (C=O) groups excluding carboxylic acids is 1. The van der Waals surface area contributed by atoms with Crippen LogP contribution in [0.25, 0.3) is 0 Å². The maximum atomic E-state index is 12.0. The van der Waals surface area contributed by atoms with Gasteiger partial charge in [-0.3, -0.25) is 0 Å². The second-order valence-corrected chi connectivity index (χ2v) is 6.95. The van der Waals surface area contributed by atoms with E-state index in [0.29, 0.717) is 19.0 Å². The molecule has 2 amide bonds. The Hall–Kier alpha value is -2.08. The average Bonchev–Trinajstić information content (AvgIpc) is 3.12. The zero-order valence-electron chi connectivity index (χ0n) is 13.9. The van der Waals surface area contributed by atoms with E-state index >= 15 is 0 Å². The van der Waals surface area contributed by atoms with Crippen molar-refractivity contribution in [3.8, 4) is 5.75 Å². The molecule has 1 aromatic carbocycles. The van der Waals surface area contributed by atoms with E-state index in [0.717, 1.165) is 36.4 Å². The molecule has 1 aliphatic rings.